The summed E-state index contributed by atoms with van der Waals surface area (Å²) >= 11 is 0. The van der Waals surface area contributed by atoms with E-state index in [2.05, 4.69) is 51.9 Å². The van der Waals surface area contributed by atoms with Crippen molar-refractivity contribution in [2.75, 3.05) is 44.2 Å². The van der Waals surface area contributed by atoms with Crippen molar-refractivity contribution < 1.29 is 4.74 Å². The molecule has 2 aliphatic heterocycles. The van der Waals surface area contributed by atoms with Gasteiger partial charge in [-0.25, -0.2) is 4.68 Å². The summed E-state index contributed by atoms with van der Waals surface area (Å²) in [6, 6.07) is 5.59. The molecule has 0 unspecified atom stereocenters. The molecule has 8 nitrogen and oxygen atoms in total. The van der Waals surface area contributed by atoms with Gasteiger partial charge >= 0.3 is 0 Å². The van der Waals surface area contributed by atoms with Crippen LogP contribution in [-0.2, 0) is 29.7 Å². The van der Waals surface area contributed by atoms with Crippen LogP contribution in [0.25, 0.3) is 0 Å². The topological polar surface area (TPSA) is 76.4 Å². The number of anilines is 1. The molecule has 29 heavy (non-hydrogen) atoms. The van der Waals surface area contributed by atoms with Crippen molar-refractivity contribution in [3.8, 4) is 0 Å². The van der Waals surface area contributed by atoms with Gasteiger partial charge in [-0.1, -0.05) is 20.8 Å². The largest absolute Gasteiger partial charge is 0.376 e. The van der Waals surface area contributed by atoms with Crippen molar-refractivity contribution in [1.82, 2.24) is 24.9 Å². The third-order valence-corrected chi connectivity index (χ3v) is 5.65. The van der Waals surface area contributed by atoms with E-state index in [0.717, 1.165) is 68.5 Å². The number of hydrogen-bond donors (Lipinski definition) is 0. The number of piperazine rings is 1. The Balaban J connectivity index is 1.33. The summed E-state index contributed by atoms with van der Waals surface area (Å²) in [5.41, 5.74) is 3.06. The summed E-state index contributed by atoms with van der Waals surface area (Å²) in [6.07, 6.45) is 0.847. The van der Waals surface area contributed by atoms with Crippen LogP contribution >= 0.6 is 0 Å². The van der Waals surface area contributed by atoms with Crippen LogP contribution in [0.2, 0.25) is 0 Å². The quantitative estimate of drug-likeness (QED) is 0.767. The molecule has 0 bridgehead atoms. The number of hydrogen-bond acceptors (Lipinski definition) is 7. The fourth-order valence-corrected chi connectivity index (χ4v) is 3.73. The Morgan fingerprint density at radius 2 is 1.86 bits per heavy atom. The van der Waals surface area contributed by atoms with Crippen LogP contribution in [0.4, 0.5) is 5.82 Å². The van der Waals surface area contributed by atoms with Crippen molar-refractivity contribution in [3.63, 3.8) is 0 Å². The Morgan fingerprint density at radius 1 is 1.07 bits per heavy atom. The van der Waals surface area contributed by atoms with Crippen LogP contribution in [0.1, 0.15) is 37.7 Å². The van der Waals surface area contributed by atoms with E-state index in [-0.39, 0.29) is 11.0 Å². The number of fused-ring (bicyclic) bond motifs is 1. The van der Waals surface area contributed by atoms with Gasteiger partial charge in [-0.3, -0.25) is 9.69 Å². The van der Waals surface area contributed by atoms with Gasteiger partial charge in [-0.15, -0.1) is 5.10 Å². The highest BCUT2D eigenvalue weighted by Gasteiger charge is 2.21. The second-order valence-corrected chi connectivity index (χ2v) is 8.84. The van der Waals surface area contributed by atoms with E-state index in [4.69, 9.17) is 4.74 Å². The van der Waals surface area contributed by atoms with Gasteiger partial charge in [0.05, 0.1) is 31.1 Å². The van der Waals surface area contributed by atoms with E-state index in [9.17, 15) is 4.79 Å². The Bertz CT molecular complexity index is 912. The molecule has 1 fully saturated rings. The second kappa shape index (κ2) is 8.20. The maximum atomic E-state index is 12.2. The van der Waals surface area contributed by atoms with Crippen molar-refractivity contribution in [2.45, 2.75) is 45.8 Å². The second-order valence-electron chi connectivity index (χ2n) is 8.84. The Hall–Kier alpha value is -2.32. The molecule has 0 aliphatic carbocycles. The monoisotopic (exact) mass is 398 g/mol. The molecule has 4 heterocycles. The first-order chi connectivity index (χ1) is 13.9. The lowest BCUT2D eigenvalue weighted by Gasteiger charge is -2.35. The first-order valence-corrected chi connectivity index (χ1v) is 10.4. The molecule has 2 aliphatic rings. The predicted octanol–water partition coefficient (Wildman–Crippen LogP) is 1.23. The molecule has 2 aromatic rings. The van der Waals surface area contributed by atoms with E-state index < -0.39 is 0 Å². The molecule has 0 spiro atoms. The minimum Gasteiger partial charge on any atom is -0.376 e. The summed E-state index contributed by atoms with van der Waals surface area (Å²) < 4.78 is 7.14. The highest BCUT2D eigenvalue weighted by atomic mass is 16.5. The number of rotatable bonds is 4. The molecule has 0 amide bonds. The van der Waals surface area contributed by atoms with Crippen LogP contribution in [-0.4, -0.2) is 64.2 Å². The first kappa shape index (κ1) is 20.0. The highest BCUT2D eigenvalue weighted by Crippen LogP contribution is 2.20. The van der Waals surface area contributed by atoms with Crippen molar-refractivity contribution in [1.29, 1.82) is 0 Å². The summed E-state index contributed by atoms with van der Waals surface area (Å²) in [7, 11) is 0. The highest BCUT2D eigenvalue weighted by molar-refractivity contribution is 5.42. The third kappa shape index (κ3) is 4.64. The Morgan fingerprint density at radius 3 is 2.62 bits per heavy atom. The minimum absolute atomic E-state index is 0.0387. The maximum absolute atomic E-state index is 12.2. The number of ether oxygens (including phenoxy) is 1. The maximum Gasteiger partial charge on any atom is 0.266 e. The molecule has 156 valence electrons. The smallest absolute Gasteiger partial charge is 0.266 e. The fourth-order valence-electron chi connectivity index (χ4n) is 3.73. The molecule has 0 aromatic carbocycles. The zero-order valence-corrected chi connectivity index (χ0v) is 17.6. The van der Waals surface area contributed by atoms with Crippen molar-refractivity contribution >= 4 is 5.82 Å². The molecule has 2 aromatic heterocycles. The van der Waals surface area contributed by atoms with Gasteiger partial charge in [0.25, 0.3) is 5.56 Å². The standard InChI is InChI=1S/C21H30N6O2/c1-21(2,3)18-4-5-20(28)27(24-18)12-9-25-7-10-26(11-8-25)19-14-16-15-29-13-6-17(16)22-23-19/h4-5,14H,6-13,15H2,1-3H3. The lowest BCUT2D eigenvalue weighted by molar-refractivity contribution is 0.108. The van der Waals surface area contributed by atoms with Crippen LogP contribution in [0.3, 0.4) is 0 Å². The summed E-state index contributed by atoms with van der Waals surface area (Å²) in [4.78, 5) is 16.8. The molecule has 0 radical (unpaired) electrons. The minimum atomic E-state index is -0.0674. The van der Waals surface area contributed by atoms with Gasteiger partial charge in [0.1, 0.15) is 0 Å². The van der Waals surface area contributed by atoms with Crippen LogP contribution in [0.5, 0.6) is 0 Å². The summed E-state index contributed by atoms with van der Waals surface area (Å²) in [5.74, 6) is 0.935. The van der Waals surface area contributed by atoms with Gasteiger partial charge < -0.3 is 9.64 Å². The SMILES string of the molecule is CC(C)(C)c1ccc(=O)n(CCN2CCN(c3cc4c(nn3)CCOC4)CC2)n1. The number of nitrogens with zero attached hydrogens (tertiary/aromatic N) is 6. The van der Waals surface area contributed by atoms with Crippen molar-refractivity contribution in [2.24, 2.45) is 0 Å². The van der Waals surface area contributed by atoms with E-state index in [0.29, 0.717) is 13.2 Å². The van der Waals surface area contributed by atoms with Crippen LogP contribution < -0.4 is 10.5 Å². The fraction of sp³-hybridized carbons (Fsp3) is 0.619. The number of aromatic nitrogens is 4. The lowest BCUT2D eigenvalue weighted by Crippen LogP contribution is -2.48. The van der Waals surface area contributed by atoms with Gasteiger partial charge in [-0.2, -0.15) is 10.2 Å². The third-order valence-electron chi connectivity index (χ3n) is 5.65. The average Bonchev–Trinajstić information content (AvgIpc) is 2.72. The molecule has 4 rings (SSSR count). The Kier molecular flexibility index (Phi) is 5.65. The zero-order valence-electron chi connectivity index (χ0n) is 17.6. The lowest BCUT2D eigenvalue weighted by atomic mass is 9.92. The van der Waals surface area contributed by atoms with Crippen LogP contribution in [0.15, 0.2) is 23.0 Å². The van der Waals surface area contributed by atoms with E-state index >= 15 is 0 Å². The Labute approximate surface area is 171 Å². The first-order valence-electron chi connectivity index (χ1n) is 10.4. The molecule has 1 saturated heterocycles. The molecular formula is C21H30N6O2. The van der Waals surface area contributed by atoms with Gasteiger partial charge in [0, 0.05) is 56.2 Å². The van der Waals surface area contributed by atoms with E-state index in [1.165, 1.54) is 0 Å². The molecule has 0 N–H and O–H groups in total. The average molecular weight is 399 g/mol. The van der Waals surface area contributed by atoms with Gasteiger partial charge in [0.15, 0.2) is 5.82 Å². The van der Waals surface area contributed by atoms with E-state index in [1.807, 2.05) is 6.07 Å². The summed E-state index contributed by atoms with van der Waals surface area (Å²) in [5, 5.41) is 13.4. The molecular weight excluding hydrogens is 368 g/mol. The molecule has 0 saturated carbocycles. The summed E-state index contributed by atoms with van der Waals surface area (Å²) in [6.45, 7) is 12.8. The predicted molar refractivity (Wildman–Crippen MR) is 111 cm³/mol. The molecule has 8 heteroatoms. The molecule has 0 atom stereocenters. The van der Waals surface area contributed by atoms with E-state index in [1.54, 1.807) is 10.7 Å². The van der Waals surface area contributed by atoms with Crippen LogP contribution in [0, 0.1) is 0 Å². The van der Waals surface area contributed by atoms with Crippen molar-refractivity contribution in [3.05, 3.63) is 45.5 Å². The van der Waals surface area contributed by atoms with Gasteiger partial charge in [-0.05, 0) is 12.1 Å². The zero-order chi connectivity index (χ0) is 20.4. The normalized spacial score (nSPS) is 18.0. The van der Waals surface area contributed by atoms with Gasteiger partial charge in [0.2, 0.25) is 0 Å².